The third-order valence-corrected chi connectivity index (χ3v) is 7.57. The Bertz CT molecular complexity index is 499. The molecule has 0 aliphatic carbocycles. The smallest absolute Gasteiger partial charge is 0.343 e. The Morgan fingerprint density at radius 3 is 1.83 bits per heavy atom. The number of carbonyl (C=O) groups excluding carboxylic acids is 2. The fourth-order valence-corrected chi connectivity index (χ4v) is 6.69. The van der Waals surface area contributed by atoms with E-state index in [2.05, 4.69) is 10.5 Å². The fraction of sp³-hybridized carbons (Fsp3) is 0.692. The fourth-order valence-electron chi connectivity index (χ4n) is 2.55. The molecule has 0 fully saturated rings. The standard InChI is InChI=1S/C13H29N6O3P/c1-9-22-12(20)11(10(2)15-16-13(14)21)23(17(3)4,18(5)6)19(7)8/h9H2,1-8H3,(H3,14,16,21)/b15-10+. The summed E-state index contributed by atoms with van der Waals surface area (Å²) in [5, 5.41) is 4.34. The number of carbonyl (C=O) groups is 2. The Hall–Kier alpha value is -1.41. The molecule has 23 heavy (non-hydrogen) atoms. The van der Waals surface area contributed by atoms with E-state index in [1.54, 1.807) is 13.8 Å². The molecule has 0 aromatic carbocycles. The van der Waals surface area contributed by atoms with Gasteiger partial charge in [0.05, 0.1) is 19.7 Å². The minimum atomic E-state index is -2.40. The van der Waals surface area contributed by atoms with Crippen molar-refractivity contribution < 1.29 is 14.3 Å². The number of hydrogen-bond donors (Lipinski definition) is 2. The maximum Gasteiger partial charge on any atom is 0.343 e. The van der Waals surface area contributed by atoms with E-state index in [1.807, 2.05) is 56.3 Å². The van der Waals surface area contributed by atoms with Crippen LogP contribution in [0, 0.1) is 0 Å². The van der Waals surface area contributed by atoms with E-state index in [1.165, 1.54) is 0 Å². The number of amides is 2. The molecule has 2 amide bonds. The molecular formula is C13H29N6O3P. The van der Waals surface area contributed by atoms with Crippen LogP contribution in [0.15, 0.2) is 5.10 Å². The van der Waals surface area contributed by atoms with Crippen LogP contribution < -0.4 is 11.2 Å². The molecule has 9 nitrogen and oxygen atoms in total. The van der Waals surface area contributed by atoms with Crippen molar-refractivity contribution in [3.8, 4) is 0 Å². The molecule has 0 spiro atoms. The third-order valence-electron chi connectivity index (χ3n) is 3.12. The molecule has 0 radical (unpaired) electrons. The number of nitrogens with zero attached hydrogens (tertiary/aromatic N) is 4. The van der Waals surface area contributed by atoms with Crippen molar-refractivity contribution >= 4 is 30.3 Å². The second-order valence-corrected chi connectivity index (χ2v) is 9.34. The van der Waals surface area contributed by atoms with Gasteiger partial charge in [0.15, 0.2) is 0 Å². The summed E-state index contributed by atoms with van der Waals surface area (Å²) in [5.41, 5.74) is 7.58. The topological polar surface area (TPSA) is 103 Å². The first-order valence-corrected chi connectivity index (χ1v) is 8.75. The summed E-state index contributed by atoms with van der Waals surface area (Å²) in [6.07, 6.45) is 0. The summed E-state index contributed by atoms with van der Waals surface area (Å²) >= 11 is 0. The Morgan fingerprint density at radius 1 is 1.09 bits per heavy atom. The number of hydrogen-bond acceptors (Lipinski definition) is 7. The van der Waals surface area contributed by atoms with Gasteiger partial charge < -0.3 is 10.5 Å². The van der Waals surface area contributed by atoms with Crippen LogP contribution in [0.3, 0.4) is 0 Å². The van der Waals surface area contributed by atoms with Crippen molar-refractivity contribution in [2.45, 2.75) is 13.8 Å². The number of primary amides is 1. The summed E-state index contributed by atoms with van der Waals surface area (Å²) in [6, 6.07) is -0.795. The monoisotopic (exact) mass is 348 g/mol. The molecule has 0 aliphatic rings. The third kappa shape index (κ3) is 4.78. The molecule has 0 aliphatic heterocycles. The highest BCUT2D eigenvalue weighted by molar-refractivity contribution is 7.73. The van der Waals surface area contributed by atoms with Crippen LogP contribution in [0.25, 0.3) is 0 Å². The zero-order valence-electron chi connectivity index (χ0n) is 15.2. The second kappa shape index (κ2) is 9.02. The minimum Gasteiger partial charge on any atom is -0.462 e. The van der Waals surface area contributed by atoms with E-state index in [0.717, 1.165) is 0 Å². The predicted octanol–water partition coefficient (Wildman–Crippen LogP) is 0.214. The Morgan fingerprint density at radius 2 is 1.52 bits per heavy atom. The first-order chi connectivity index (χ1) is 10.5. The number of rotatable bonds is 7. The van der Waals surface area contributed by atoms with Crippen molar-refractivity contribution in [1.29, 1.82) is 0 Å². The molecule has 0 rings (SSSR count). The van der Waals surface area contributed by atoms with Gasteiger partial charge in [0, 0.05) is 0 Å². The summed E-state index contributed by atoms with van der Waals surface area (Å²) in [7, 11) is 8.94. The van der Waals surface area contributed by atoms with Gasteiger partial charge in [0.1, 0.15) is 5.29 Å². The molecule has 0 aromatic heterocycles. The Kier molecular flexibility index (Phi) is 8.47. The number of nitrogens with two attached hydrogens (primary N) is 1. The predicted molar refractivity (Wildman–Crippen MR) is 95.4 cm³/mol. The summed E-state index contributed by atoms with van der Waals surface area (Å²) in [5.74, 6) is -0.468. The number of esters is 1. The van der Waals surface area contributed by atoms with Gasteiger partial charge >= 0.3 is 12.0 Å². The van der Waals surface area contributed by atoms with Gasteiger partial charge in [-0.05, 0) is 56.1 Å². The van der Waals surface area contributed by atoms with E-state index in [0.29, 0.717) is 11.0 Å². The van der Waals surface area contributed by atoms with Crippen LogP contribution in [0.5, 0.6) is 0 Å². The Balaban J connectivity index is 6.71. The van der Waals surface area contributed by atoms with Gasteiger partial charge in [-0.2, -0.15) is 5.10 Å². The van der Waals surface area contributed by atoms with Crippen molar-refractivity contribution in [3.05, 3.63) is 0 Å². The maximum atomic E-state index is 12.7. The van der Waals surface area contributed by atoms with E-state index in [-0.39, 0.29) is 6.61 Å². The van der Waals surface area contributed by atoms with E-state index in [9.17, 15) is 9.59 Å². The van der Waals surface area contributed by atoms with Crippen LogP contribution in [-0.2, 0) is 9.53 Å². The van der Waals surface area contributed by atoms with E-state index in [4.69, 9.17) is 10.5 Å². The number of hydrazone groups is 1. The lowest BCUT2D eigenvalue weighted by atomic mass is 10.3. The first kappa shape index (κ1) is 21.6. The van der Waals surface area contributed by atoms with Gasteiger partial charge in [-0.1, -0.05) is 0 Å². The largest absolute Gasteiger partial charge is 0.462 e. The van der Waals surface area contributed by atoms with Gasteiger partial charge in [0.2, 0.25) is 0 Å². The lowest BCUT2D eigenvalue weighted by Gasteiger charge is -2.44. The zero-order valence-corrected chi connectivity index (χ0v) is 16.1. The lowest BCUT2D eigenvalue weighted by molar-refractivity contribution is -0.134. The van der Waals surface area contributed by atoms with Crippen molar-refractivity contribution in [1.82, 2.24) is 19.4 Å². The van der Waals surface area contributed by atoms with Gasteiger partial charge in [0.25, 0.3) is 0 Å². The lowest BCUT2D eigenvalue weighted by Crippen LogP contribution is -2.41. The number of urea groups is 1. The van der Waals surface area contributed by atoms with Crippen molar-refractivity contribution in [2.24, 2.45) is 10.8 Å². The highest BCUT2D eigenvalue weighted by Gasteiger charge is 2.36. The second-order valence-electron chi connectivity index (χ2n) is 5.35. The molecule has 134 valence electrons. The molecule has 0 heterocycles. The molecule has 10 heteroatoms. The molecule has 0 atom stereocenters. The minimum absolute atomic E-state index is 0.243. The van der Waals surface area contributed by atoms with E-state index >= 15 is 0 Å². The average molecular weight is 348 g/mol. The normalized spacial score (nSPS) is 12.7. The van der Waals surface area contributed by atoms with Gasteiger partial charge in [-0.25, -0.2) is 15.0 Å². The average Bonchev–Trinajstić information content (AvgIpc) is 2.40. The summed E-state index contributed by atoms with van der Waals surface area (Å²) < 4.78 is 11.2. The first-order valence-electron chi connectivity index (χ1n) is 7.10. The molecule has 0 aromatic rings. The SMILES string of the molecule is CCOC(=O)C(/C(C)=N/NC(N)=O)=P(N(C)C)(N(C)C)N(C)C. The summed E-state index contributed by atoms with van der Waals surface area (Å²) in [6.45, 7) is 3.63. The molecule has 0 saturated carbocycles. The zero-order chi connectivity index (χ0) is 18.4. The Labute approximate surface area is 138 Å². The summed E-state index contributed by atoms with van der Waals surface area (Å²) in [4.78, 5) is 23.6. The highest BCUT2D eigenvalue weighted by atomic mass is 31.2. The van der Waals surface area contributed by atoms with Crippen LogP contribution >= 0.6 is 7.34 Å². The van der Waals surface area contributed by atoms with Crippen LogP contribution in [-0.4, -0.2) is 85.9 Å². The maximum absolute atomic E-state index is 12.7. The molecular weight excluding hydrogens is 319 g/mol. The molecule has 0 bridgehead atoms. The van der Waals surface area contributed by atoms with Gasteiger partial charge in [-0.15, -0.1) is 0 Å². The molecule has 0 unspecified atom stereocenters. The van der Waals surface area contributed by atoms with Crippen molar-refractivity contribution in [2.75, 3.05) is 48.9 Å². The quantitative estimate of drug-likeness (QED) is 0.295. The number of ether oxygens (including phenoxy) is 1. The van der Waals surface area contributed by atoms with Crippen LogP contribution in [0.4, 0.5) is 4.79 Å². The van der Waals surface area contributed by atoms with Crippen LogP contribution in [0.1, 0.15) is 13.8 Å². The highest BCUT2D eigenvalue weighted by Crippen LogP contribution is 2.54. The molecule has 0 saturated heterocycles. The number of nitrogens with one attached hydrogen (secondary N) is 1. The van der Waals surface area contributed by atoms with Crippen LogP contribution in [0.2, 0.25) is 0 Å². The van der Waals surface area contributed by atoms with E-state index < -0.39 is 19.3 Å². The van der Waals surface area contributed by atoms with Crippen molar-refractivity contribution in [3.63, 3.8) is 0 Å². The molecule has 3 N–H and O–H groups in total. The van der Waals surface area contributed by atoms with Gasteiger partial charge in [-0.3, -0.25) is 14.0 Å².